The van der Waals surface area contributed by atoms with Gasteiger partial charge in [0.05, 0.1) is 12.1 Å². The lowest BCUT2D eigenvalue weighted by Crippen LogP contribution is -2.72. The van der Waals surface area contributed by atoms with Gasteiger partial charge >= 0.3 is 0 Å². The standard InChI is InChI=1S/C16H22N2O2/c17-14-12-7-4-10-20-16(12)15(14)18-13(19)9-8-11-5-2-1-3-6-11/h1-3,5-6,12,14-16H,4,7-10,17H2,(H,18,19). The Bertz CT molecular complexity index is 463. The van der Waals surface area contributed by atoms with Crippen LogP contribution in [0.2, 0.25) is 0 Å². The molecule has 3 rings (SSSR count). The van der Waals surface area contributed by atoms with Gasteiger partial charge in [0.1, 0.15) is 0 Å². The third-order valence-electron chi connectivity index (χ3n) is 4.49. The summed E-state index contributed by atoms with van der Waals surface area (Å²) >= 11 is 0. The summed E-state index contributed by atoms with van der Waals surface area (Å²) in [5.74, 6) is 0.505. The zero-order valence-corrected chi connectivity index (χ0v) is 11.6. The van der Waals surface area contributed by atoms with Gasteiger partial charge in [-0.05, 0) is 24.8 Å². The second kappa shape index (κ2) is 5.94. The first-order valence-electron chi connectivity index (χ1n) is 7.46. The molecule has 1 amide bonds. The van der Waals surface area contributed by atoms with Gasteiger partial charge < -0.3 is 15.8 Å². The molecule has 1 saturated carbocycles. The van der Waals surface area contributed by atoms with Crippen LogP contribution in [0.5, 0.6) is 0 Å². The Balaban J connectivity index is 1.47. The molecule has 2 aliphatic rings. The van der Waals surface area contributed by atoms with Crippen LogP contribution in [0.3, 0.4) is 0 Å². The predicted octanol–water partition coefficient (Wildman–Crippen LogP) is 1.24. The maximum atomic E-state index is 12.0. The number of hydrogen-bond acceptors (Lipinski definition) is 3. The van der Waals surface area contributed by atoms with Crippen LogP contribution in [-0.4, -0.2) is 30.7 Å². The van der Waals surface area contributed by atoms with Crippen LogP contribution >= 0.6 is 0 Å². The molecule has 3 N–H and O–H groups in total. The van der Waals surface area contributed by atoms with Crippen molar-refractivity contribution in [3.63, 3.8) is 0 Å². The summed E-state index contributed by atoms with van der Waals surface area (Å²) in [5, 5.41) is 3.05. The van der Waals surface area contributed by atoms with Crippen LogP contribution in [0.4, 0.5) is 0 Å². The van der Waals surface area contributed by atoms with Crippen LogP contribution in [0.15, 0.2) is 30.3 Å². The van der Waals surface area contributed by atoms with Crippen LogP contribution in [0.25, 0.3) is 0 Å². The van der Waals surface area contributed by atoms with Crippen molar-refractivity contribution in [3.05, 3.63) is 35.9 Å². The van der Waals surface area contributed by atoms with Gasteiger partial charge in [-0.25, -0.2) is 0 Å². The zero-order chi connectivity index (χ0) is 13.9. The maximum absolute atomic E-state index is 12.0. The number of ether oxygens (including phenoxy) is 1. The van der Waals surface area contributed by atoms with Crippen molar-refractivity contribution in [1.82, 2.24) is 5.32 Å². The maximum Gasteiger partial charge on any atom is 0.220 e. The quantitative estimate of drug-likeness (QED) is 0.868. The van der Waals surface area contributed by atoms with Gasteiger partial charge in [0.15, 0.2) is 0 Å². The first-order chi connectivity index (χ1) is 9.75. The number of aryl methyl sites for hydroxylation is 1. The Morgan fingerprint density at radius 3 is 2.95 bits per heavy atom. The second-order valence-corrected chi connectivity index (χ2v) is 5.80. The molecule has 1 aliphatic heterocycles. The third-order valence-corrected chi connectivity index (χ3v) is 4.49. The predicted molar refractivity (Wildman–Crippen MR) is 77.1 cm³/mol. The number of nitrogens with two attached hydrogens (primary N) is 1. The van der Waals surface area contributed by atoms with Crippen LogP contribution < -0.4 is 11.1 Å². The molecule has 4 atom stereocenters. The smallest absolute Gasteiger partial charge is 0.220 e. The molecule has 1 aromatic rings. The van der Waals surface area contributed by atoms with Gasteiger partial charge in [-0.1, -0.05) is 30.3 Å². The third kappa shape index (κ3) is 2.72. The first kappa shape index (κ1) is 13.6. The molecule has 1 aliphatic carbocycles. The highest BCUT2D eigenvalue weighted by Gasteiger charge is 2.50. The Morgan fingerprint density at radius 2 is 2.15 bits per heavy atom. The zero-order valence-electron chi connectivity index (χ0n) is 11.6. The largest absolute Gasteiger partial charge is 0.376 e. The van der Waals surface area contributed by atoms with Crippen LogP contribution in [-0.2, 0) is 16.0 Å². The highest BCUT2D eigenvalue weighted by Crippen LogP contribution is 2.36. The van der Waals surface area contributed by atoms with Crippen LogP contribution in [0.1, 0.15) is 24.8 Å². The minimum atomic E-state index is 0.00331. The van der Waals surface area contributed by atoms with E-state index in [-0.39, 0.29) is 24.1 Å². The van der Waals surface area contributed by atoms with E-state index >= 15 is 0 Å². The number of fused-ring (bicyclic) bond motifs is 1. The van der Waals surface area contributed by atoms with Crippen molar-refractivity contribution in [3.8, 4) is 0 Å². The molecule has 108 valence electrons. The van der Waals surface area contributed by atoms with Crippen molar-refractivity contribution in [2.24, 2.45) is 11.7 Å². The normalized spacial score (nSPS) is 32.0. The highest BCUT2D eigenvalue weighted by atomic mass is 16.5. The first-order valence-corrected chi connectivity index (χ1v) is 7.46. The summed E-state index contributed by atoms with van der Waals surface area (Å²) in [4.78, 5) is 12.0. The molecular formula is C16H22N2O2. The van der Waals surface area contributed by atoms with Gasteiger partial charge in [-0.2, -0.15) is 0 Å². The summed E-state index contributed by atoms with van der Waals surface area (Å²) in [6.45, 7) is 0.796. The summed E-state index contributed by atoms with van der Waals surface area (Å²) in [7, 11) is 0. The van der Waals surface area contributed by atoms with Gasteiger partial charge in [0, 0.05) is 25.0 Å². The van der Waals surface area contributed by atoms with E-state index in [1.54, 1.807) is 0 Å². The Hall–Kier alpha value is -1.39. The van der Waals surface area contributed by atoms with Gasteiger partial charge in [-0.3, -0.25) is 4.79 Å². The molecule has 4 nitrogen and oxygen atoms in total. The molecule has 20 heavy (non-hydrogen) atoms. The number of rotatable bonds is 4. The molecule has 1 aromatic carbocycles. The molecule has 0 radical (unpaired) electrons. The van der Waals surface area contributed by atoms with E-state index in [9.17, 15) is 4.79 Å². The van der Waals surface area contributed by atoms with E-state index in [4.69, 9.17) is 10.5 Å². The molecule has 2 fully saturated rings. The van der Waals surface area contributed by atoms with Crippen molar-refractivity contribution < 1.29 is 9.53 Å². The fourth-order valence-electron chi connectivity index (χ4n) is 3.29. The number of nitrogens with one attached hydrogen (secondary N) is 1. The second-order valence-electron chi connectivity index (χ2n) is 5.80. The van der Waals surface area contributed by atoms with Gasteiger partial charge in [0.2, 0.25) is 5.91 Å². The summed E-state index contributed by atoms with van der Waals surface area (Å²) in [6.07, 6.45) is 3.62. The van der Waals surface area contributed by atoms with Crippen molar-refractivity contribution in [1.29, 1.82) is 0 Å². The molecule has 0 spiro atoms. The summed E-state index contributed by atoms with van der Waals surface area (Å²) in [5.41, 5.74) is 7.33. The lowest BCUT2D eigenvalue weighted by atomic mass is 9.68. The molecule has 1 heterocycles. The minimum Gasteiger partial charge on any atom is -0.376 e. The average Bonchev–Trinajstić information content (AvgIpc) is 2.51. The molecule has 4 unspecified atom stereocenters. The van der Waals surface area contributed by atoms with Crippen LogP contribution in [0, 0.1) is 5.92 Å². The van der Waals surface area contributed by atoms with Gasteiger partial charge in [-0.15, -0.1) is 0 Å². The number of carbonyl (C=O) groups is 1. The SMILES string of the molecule is NC1C2CCCOC2C1NC(=O)CCc1ccccc1. The monoisotopic (exact) mass is 274 g/mol. The highest BCUT2D eigenvalue weighted by molar-refractivity contribution is 5.77. The van der Waals surface area contributed by atoms with E-state index < -0.39 is 0 Å². The molecule has 1 saturated heterocycles. The summed E-state index contributed by atoms with van der Waals surface area (Å²) in [6, 6.07) is 10.1. The summed E-state index contributed by atoms with van der Waals surface area (Å²) < 4.78 is 5.73. The lowest BCUT2D eigenvalue weighted by Gasteiger charge is -2.52. The van der Waals surface area contributed by atoms with E-state index in [1.165, 1.54) is 5.56 Å². The minimum absolute atomic E-state index is 0.00331. The van der Waals surface area contributed by atoms with Crippen molar-refractivity contribution in [2.75, 3.05) is 6.61 Å². The van der Waals surface area contributed by atoms with Crippen molar-refractivity contribution >= 4 is 5.91 Å². The fraction of sp³-hybridized carbons (Fsp3) is 0.562. The Kier molecular flexibility index (Phi) is 4.03. The van der Waals surface area contributed by atoms with Gasteiger partial charge in [0.25, 0.3) is 0 Å². The van der Waals surface area contributed by atoms with Crippen molar-refractivity contribution in [2.45, 2.75) is 43.9 Å². The number of hydrogen-bond donors (Lipinski definition) is 2. The van der Waals surface area contributed by atoms with E-state index in [1.807, 2.05) is 30.3 Å². The van der Waals surface area contributed by atoms with E-state index in [2.05, 4.69) is 5.32 Å². The molecular weight excluding hydrogens is 252 g/mol. The molecule has 0 bridgehead atoms. The van der Waals surface area contributed by atoms with E-state index in [0.717, 1.165) is 25.9 Å². The fourth-order valence-corrected chi connectivity index (χ4v) is 3.29. The Morgan fingerprint density at radius 1 is 1.35 bits per heavy atom. The topological polar surface area (TPSA) is 64.3 Å². The van der Waals surface area contributed by atoms with E-state index in [0.29, 0.717) is 12.3 Å². The number of carbonyl (C=O) groups excluding carboxylic acids is 1. The molecule has 0 aromatic heterocycles. The average molecular weight is 274 g/mol. The Labute approximate surface area is 119 Å². The number of amides is 1. The molecule has 4 heteroatoms. The number of benzene rings is 1. The lowest BCUT2D eigenvalue weighted by molar-refractivity contribution is -0.139.